The summed E-state index contributed by atoms with van der Waals surface area (Å²) in [6, 6.07) is 0. The zero-order valence-corrected chi connectivity index (χ0v) is 34.2. The van der Waals surface area contributed by atoms with Gasteiger partial charge < -0.3 is 18.9 Å². The lowest BCUT2D eigenvalue weighted by atomic mass is 10.1. The topological polar surface area (TPSA) is 108 Å². The fraction of sp³-hybridized carbons (Fsp3) is 0.805. The van der Waals surface area contributed by atoms with Crippen LogP contribution in [0, 0.1) is 0 Å². The summed E-state index contributed by atoms with van der Waals surface area (Å²) >= 11 is 0. The van der Waals surface area contributed by atoms with Crippen LogP contribution in [0.15, 0.2) is 36.5 Å². The summed E-state index contributed by atoms with van der Waals surface area (Å²) in [5.74, 6) is -0.822. The SMILES string of the molecule is CCC/C=C\CCCCCCCC(=O)OCC(COP(=O)(O)OCC[N+](C)(C)C)OC(=O)CCCCCCCCC/C=C\C/C=C\CCCCC. The molecule has 2 unspecified atom stereocenters. The van der Waals surface area contributed by atoms with E-state index in [9.17, 15) is 19.0 Å². The van der Waals surface area contributed by atoms with Crippen molar-refractivity contribution in [1.29, 1.82) is 0 Å². The number of nitrogens with zero attached hydrogens (tertiary/aromatic N) is 1. The van der Waals surface area contributed by atoms with Crippen molar-refractivity contribution in [3.63, 3.8) is 0 Å². The van der Waals surface area contributed by atoms with Crippen molar-refractivity contribution in [2.75, 3.05) is 47.5 Å². The number of carbonyl (C=O) groups excluding carboxylic acids is 2. The number of esters is 2. The maximum atomic E-state index is 12.6. The average Bonchev–Trinajstić information content (AvgIpc) is 3.07. The number of unbranched alkanes of at least 4 members (excludes halogenated alkanes) is 16. The highest BCUT2D eigenvalue weighted by Gasteiger charge is 2.27. The molecule has 0 amide bonds. The molecule has 298 valence electrons. The summed E-state index contributed by atoms with van der Waals surface area (Å²) in [5.41, 5.74) is 0. The Morgan fingerprint density at radius 1 is 0.608 bits per heavy atom. The number of phosphoric ester groups is 1. The first kappa shape index (κ1) is 49.2. The molecule has 1 N–H and O–H groups in total. The highest BCUT2D eigenvalue weighted by molar-refractivity contribution is 7.47. The maximum absolute atomic E-state index is 12.6. The van der Waals surface area contributed by atoms with Gasteiger partial charge in [-0.2, -0.15) is 0 Å². The Kier molecular flexibility index (Phi) is 32.8. The van der Waals surface area contributed by atoms with Gasteiger partial charge in [-0.1, -0.05) is 121 Å². The summed E-state index contributed by atoms with van der Waals surface area (Å²) in [4.78, 5) is 35.2. The van der Waals surface area contributed by atoms with Crippen LogP contribution in [0.4, 0.5) is 0 Å². The number of quaternary nitrogens is 1. The second kappa shape index (κ2) is 34.0. The first-order valence-electron chi connectivity index (χ1n) is 20.2. The van der Waals surface area contributed by atoms with Crippen molar-refractivity contribution in [3.05, 3.63) is 36.5 Å². The van der Waals surface area contributed by atoms with E-state index in [1.165, 1.54) is 51.4 Å². The molecule has 9 nitrogen and oxygen atoms in total. The number of likely N-dealkylation sites (N-methyl/N-ethyl adjacent to an activating group) is 1. The lowest BCUT2D eigenvalue weighted by Crippen LogP contribution is -2.37. The van der Waals surface area contributed by atoms with Crippen LogP contribution in [0.5, 0.6) is 0 Å². The third-order valence-corrected chi connectivity index (χ3v) is 9.36. The van der Waals surface area contributed by atoms with E-state index < -0.39 is 26.5 Å². The van der Waals surface area contributed by atoms with Crippen LogP contribution in [-0.4, -0.2) is 74.9 Å². The molecule has 0 saturated carbocycles. The van der Waals surface area contributed by atoms with Crippen molar-refractivity contribution >= 4 is 19.8 Å². The van der Waals surface area contributed by atoms with Gasteiger partial charge in [-0.3, -0.25) is 18.6 Å². The van der Waals surface area contributed by atoms with Crippen LogP contribution in [0.2, 0.25) is 0 Å². The van der Waals surface area contributed by atoms with Crippen LogP contribution in [-0.2, 0) is 32.7 Å². The number of rotatable bonds is 36. The maximum Gasteiger partial charge on any atom is 0.472 e. The van der Waals surface area contributed by atoms with Crippen LogP contribution >= 0.6 is 7.82 Å². The van der Waals surface area contributed by atoms with Gasteiger partial charge in [-0.05, 0) is 64.2 Å². The molecule has 0 heterocycles. The van der Waals surface area contributed by atoms with Crippen LogP contribution in [0.3, 0.4) is 0 Å². The van der Waals surface area contributed by atoms with E-state index >= 15 is 0 Å². The largest absolute Gasteiger partial charge is 0.472 e. The highest BCUT2D eigenvalue weighted by Crippen LogP contribution is 2.43. The molecule has 10 heteroatoms. The Bertz CT molecular complexity index is 975. The Morgan fingerprint density at radius 3 is 1.65 bits per heavy atom. The fourth-order valence-corrected chi connectivity index (χ4v) is 5.90. The van der Waals surface area contributed by atoms with E-state index in [0.29, 0.717) is 17.4 Å². The first-order valence-corrected chi connectivity index (χ1v) is 21.7. The summed E-state index contributed by atoms with van der Waals surface area (Å²) in [6.07, 6.45) is 36.2. The van der Waals surface area contributed by atoms with Gasteiger partial charge in [-0.25, -0.2) is 4.57 Å². The fourth-order valence-electron chi connectivity index (χ4n) is 5.16. The van der Waals surface area contributed by atoms with E-state index in [0.717, 1.165) is 77.0 Å². The quantitative estimate of drug-likeness (QED) is 0.0222. The Morgan fingerprint density at radius 2 is 1.10 bits per heavy atom. The average molecular weight is 743 g/mol. The van der Waals surface area contributed by atoms with Crippen LogP contribution < -0.4 is 0 Å². The molecule has 0 aliphatic rings. The minimum absolute atomic E-state index is 0.0282. The molecule has 0 aromatic heterocycles. The van der Waals surface area contributed by atoms with E-state index in [2.05, 4.69) is 50.3 Å². The molecule has 0 rings (SSSR count). The van der Waals surface area contributed by atoms with Gasteiger partial charge in [-0.15, -0.1) is 0 Å². The normalized spacial score (nSPS) is 14.1. The van der Waals surface area contributed by atoms with Gasteiger partial charge in [0.1, 0.15) is 19.8 Å². The van der Waals surface area contributed by atoms with Crippen molar-refractivity contribution in [1.82, 2.24) is 0 Å². The summed E-state index contributed by atoms with van der Waals surface area (Å²) < 4.78 is 34.2. The predicted molar refractivity (Wildman–Crippen MR) is 210 cm³/mol. The second-order valence-corrected chi connectivity index (χ2v) is 16.1. The molecule has 2 atom stereocenters. The van der Waals surface area contributed by atoms with Crippen molar-refractivity contribution < 1.29 is 42.1 Å². The molecule has 0 spiro atoms. The van der Waals surface area contributed by atoms with E-state index in [1.807, 2.05) is 21.1 Å². The minimum Gasteiger partial charge on any atom is -0.462 e. The van der Waals surface area contributed by atoms with E-state index in [1.54, 1.807) is 0 Å². The number of hydrogen-bond donors (Lipinski definition) is 1. The molecule has 0 fully saturated rings. The molecule has 0 aliphatic carbocycles. The number of phosphoric acid groups is 1. The molecule has 0 saturated heterocycles. The van der Waals surface area contributed by atoms with Gasteiger partial charge in [0.2, 0.25) is 0 Å². The predicted octanol–water partition coefficient (Wildman–Crippen LogP) is 11.0. The van der Waals surface area contributed by atoms with Gasteiger partial charge in [0.05, 0.1) is 27.7 Å². The molecule has 0 radical (unpaired) electrons. The Hall–Kier alpha value is -1.77. The summed E-state index contributed by atoms with van der Waals surface area (Å²) in [5, 5.41) is 0. The highest BCUT2D eigenvalue weighted by atomic mass is 31.2. The standard InChI is InChI=1S/C41H76NO8P/c1-6-8-10-12-14-16-18-19-20-21-22-23-24-26-28-30-32-34-41(44)50-39(38-49-51(45,46)48-36-35-42(3,4)5)37-47-40(43)33-31-29-27-25-17-15-13-11-9-7-2/h11,13-14,16,19-20,39H,6-10,12,15,17-18,21-38H2,1-5H3/p+1/b13-11-,16-14-,20-19-. The molecule has 0 aliphatic heterocycles. The van der Waals surface area contributed by atoms with Crippen molar-refractivity contribution in [2.24, 2.45) is 0 Å². The number of allylic oxidation sites excluding steroid dienone is 6. The third kappa shape index (κ3) is 37.8. The zero-order chi connectivity index (χ0) is 37.9. The lowest BCUT2D eigenvalue weighted by Gasteiger charge is -2.24. The van der Waals surface area contributed by atoms with Crippen molar-refractivity contribution in [3.8, 4) is 0 Å². The molecule has 0 aromatic rings. The minimum atomic E-state index is -4.37. The van der Waals surface area contributed by atoms with E-state index in [4.69, 9.17) is 18.5 Å². The van der Waals surface area contributed by atoms with Gasteiger partial charge in [0.15, 0.2) is 6.10 Å². The monoisotopic (exact) mass is 743 g/mol. The van der Waals surface area contributed by atoms with Crippen molar-refractivity contribution in [2.45, 2.75) is 168 Å². The Balaban J connectivity index is 4.40. The molecule has 0 aromatic carbocycles. The Labute approximate surface area is 312 Å². The molecular formula is C41H77NO8P+. The number of ether oxygens (including phenoxy) is 2. The molecule has 51 heavy (non-hydrogen) atoms. The summed E-state index contributed by atoms with van der Waals surface area (Å²) in [7, 11) is 1.46. The number of hydrogen-bond acceptors (Lipinski definition) is 7. The van der Waals surface area contributed by atoms with Gasteiger partial charge in [0.25, 0.3) is 0 Å². The molecular weight excluding hydrogens is 665 g/mol. The van der Waals surface area contributed by atoms with Crippen LogP contribution in [0.25, 0.3) is 0 Å². The third-order valence-electron chi connectivity index (χ3n) is 8.37. The van der Waals surface area contributed by atoms with Gasteiger partial charge in [0, 0.05) is 12.8 Å². The lowest BCUT2D eigenvalue weighted by molar-refractivity contribution is -0.870. The second-order valence-electron chi connectivity index (χ2n) is 14.7. The summed E-state index contributed by atoms with van der Waals surface area (Å²) in [6.45, 7) is 4.30. The van der Waals surface area contributed by atoms with Gasteiger partial charge >= 0.3 is 19.8 Å². The zero-order valence-electron chi connectivity index (χ0n) is 33.3. The first-order chi connectivity index (χ1) is 24.5. The number of carbonyl (C=O) groups is 2. The smallest absolute Gasteiger partial charge is 0.462 e. The van der Waals surface area contributed by atoms with E-state index in [-0.39, 0.29) is 32.0 Å². The molecule has 0 bridgehead atoms. The van der Waals surface area contributed by atoms with Crippen LogP contribution in [0.1, 0.15) is 162 Å².